The number of piperazine rings is 1. The van der Waals surface area contributed by atoms with E-state index in [4.69, 9.17) is 0 Å². The lowest BCUT2D eigenvalue weighted by Gasteiger charge is -2.33. The standard InChI is InChI=1S/C15H28N4O2/c1-12(20)16-13-3-5-14(6-4-13)17-15(21)11-19-9-7-18(2)8-10-19/h13-14H,3-11H2,1-2H3,(H,16,20)(H,17,21)/t13-,14+. The molecule has 1 saturated carbocycles. The first-order valence-corrected chi connectivity index (χ1v) is 8.00. The van der Waals surface area contributed by atoms with Gasteiger partial charge in [-0.25, -0.2) is 0 Å². The van der Waals surface area contributed by atoms with Crippen molar-refractivity contribution in [3.63, 3.8) is 0 Å². The zero-order valence-electron chi connectivity index (χ0n) is 13.2. The number of amides is 2. The minimum Gasteiger partial charge on any atom is -0.354 e. The highest BCUT2D eigenvalue weighted by Gasteiger charge is 2.24. The van der Waals surface area contributed by atoms with E-state index in [0.717, 1.165) is 51.9 Å². The summed E-state index contributed by atoms with van der Waals surface area (Å²) in [5.74, 6) is 0.181. The molecule has 1 aliphatic carbocycles. The zero-order valence-corrected chi connectivity index (χ0v) is 13.2. The van der Waals surface area contributed by atoms with Crippen LogP contribution in [0.5, 0.6) is 0 Å². The number of carbonyl (C=O) groups excluding carboxylic acids is 2. The van der Waals surface area contributed by atoms with Crippen LogP contribution in [0, 0.1) is 0 Å². The van der Waals surface area contributed by atoms with Crippen molar-refractivity contribution in [3.05, 3.63) is 0 Å². The van der Waals surface area contributed by atoms with Crippen LogP contribution in [0.1, 0.15) is 32.6 Å². The number of nitrogens with one attached hydrogen (secondary N) is 2. The Hall–Kier alpha value is -1.14. The fraction of sp³-hybridized carbons (Fsp3) is 0.867. The van der Waals surface area contributed by atoms with Crippen LogP contribution in [-0.2, 0) is 9.59 Å². The summed E-state index contributed by atoms with van der Waals surface area (Å²) in [4.78, 5) is 27.6. The number of likely N-dealkylation sites (N-methyl/N-ethyl adjacent to an activating group) is 1. The van der Waals surface area contributed by atoms with Gasteiger partial charge in [0, 0.05) is 45.2 Å². The molecule has 0 aromatic rings. The van der Waals surface area contributed by atoms with E-state index in [-0.39, 0.29) is 23.9 Å². The number of carbonyl (C=O) groups is 2. The first-order chi connectivity index (χ1) is 10.0. The summed E-state index contributed by atoms with van der Waals surface area (Å²) < 4.78 is 0. The Kier molecular flexibility index (Phi) is 5.99. The Bertz CT molecular complexity index is 359. The molecule has 0 radical (unpaired) electrons. The van der Waals surface area contributed by atoms with E-state index in [1.165, 1.54) is 0 Å². The molecule has 0 spiro atoms. The van der Waals surface area contributed by atoms with Gasteiger partial charge in [0.25, 0.3) is 0 Å². The van der Waals surface area contributed by atoms with Crippen LogP contribution in [0.4, 0.5) is 0 Å². The molecule has 2 fully saturated rings. The summed E-state index contributed by atoms with van der Waals surface area (Å²) in [7, 11) is 2.12. The molecular weight excluding hydrogens is 268 g/mol. The topological polar surface area (TPSA) is 64.7 Å². The summed E-state index contributed by atoms with van der Waals surface area (Å²) in [6.07, 6.45) is 3.83. The predicted molar refractivity (Wildman–Crippen MR) is 81.9 cm³/mol. The molecule has 0 atom stereocenters. The van der Waals surface area contributed by atoms with Crippen LogP contribution in [0.3, 0.4) is 0 Å². The fourth-order valence-corrected chi connectivity index (χ4v) is 3.15. The molecule has 2 amide bonds. The molecule has 1 heterocycles. The van der Waals surface area contributed by atoms with Gasteiger partial charge in [0.1, 0.15) is 0 Å². The molecule has 2 N–H and O–H groups in total. The van der Waals surface area contributed by atoms with Gasteiger partial charge in [-0.2, -0.15) is 0 Å². The predicted octanol–water partition coefficient (Wildman–Crippen LogP) is -0.203. The average molecular weight is 296 g/mol. The molecule has 6 nitrogen and oxygen atoms in total. The van der Waals surface area contributed by atoms with Crippen molar-refractivity contribution in [1.29, 1.82) is 0 Å². The lowest BCUT2D eigenvalue weighted by Crippen LogP contribution is -2.50. The van der Waals surface area contributed by atoms with E-state index >= 15 is 0 Å². The van der Waals surface area contributed by atoms with Gasteiger partial charge in [-0.1, -0.05) is 0 Å². The van der Waals surface area contributed by atoms with Crippen LogP contribution in [0.25, 0.3) is 0 Å². The first-order valence-electron chi connectivity index (χ1n) is 8.00. The van der Waals surface area contributed by atoms with Gasteiger partial charge in [-0.3, -0.25) is 14.5 Å². The van der Waals surface area contributed by atoms with E-state index in [1.807, 2.05) is 0 Å². The Morgan fingerprint density at radius 3 is 2.00 bits per heavy atom. The van der Waals surface area contributed by atoms with Crippen molar-refractivity contribution < 1.29 is 9.59 Å². The Morgan fingerprint density at radius 2 is 1.48 bits per heavy atom. The lowest BCUT2D eigenvalue weighted by molar-refractivity contribution is -0.124. The van der Waals surface area contributed by atoms with Gasteiger partial charge < -0.3 is 15.5 Å². The third kappa shape index (κ3) is 5.63. The smallest absolute Gasteiger partial charge is 0.234 e. The van der Waals surface area contributed by atoms with Crippen molar-refractivity contribution in [2.75, 3.05) is 39.8 Å². The highest BCUT2D eigenvalue weighted by atomic mass is 16.2. The highest BCUT2D eigenvalue weighted by molar-refractivity contribution is 5.78. The van der Waals surface area contributed by atoms with Gasteiger partial charge >= 0.3 is 0 Å². The molecule has 2 rings (SSSR count). The van der Waals surface area contributed by atoms with Gasteiger partial charge in [0.15, 0.2) is 0 Å². The summed E-state index contributed by atoms with van der Waals surface area (Å²) in [6.45, 7) is 6.09. The quantitative estimate of drug-likeness (QED) is 0.754. The molecule has 120 valence electrons. The second-order valence-electron chi connectivity index (χ2n) is 6.40. The van der Waals surface area contributed by atoms with E-state index in [9.17, 15) is 9.59 Å². The second-order valence-corrected chi connectivity index (χ2v) is 6.40. The Balaban J connectivity index is 1.64. The highest BCUT2D eigenvalue weighted by Crippen LogP contribution is 2.18. The van der Waals surface area contributed by atoms with E-state index in [1.54, 1.807) is 6.92 Å². The zero-order chi connectivity index (χ0) is 15.2. The molecular formula is C15H28N4O2. The van der Waals surface area contributed by atoms with Gasteiger partial charge in [0.2, 0.25) is 11.8 Å². The normalized spacial score (nSPS) is 28.1. The summed E-state index contributed by atoms with van der Waals surface area (Å²) in [5, 5.41) is 6.11. The van der Waals surface area contributed by atoms with Crippen LogP contribution < -0.4 is 10.6 Å². The Morgan fingerprint density at radius 1 is 0.952 bits per heavy atom. The molecule has 0 unspecified atom stereocenters. The third-order valence-corrected chi connectivity index (χ3v) is 4.46. The largest absolute Gasteiger partial charge is 0.354 e. The van der Waals surface area contributed by atoms with Crippen LogP contribution in [0.2, 0.25) is 0 Å². The maximum atomic E-state index is 12.1. The number of hydrogen-bond donors (Lipinski definition) is 2. The summed E-state index contributed by atoms with van der Waals surface area (Å²) >= 11 is 0. The first kappa shape index (κ1) is 16.2. The van der Waals surface area contributed by atoms with E-state index in [2.05, 4.69) is 27.5 Å². The molecule has 21 heavy (non-hydrogen) atoms. The molecule has 0 bridgehead atoms. The van der Waals surface area contributed by atoms with Crippen molar-refractivity contribution in [1.82, 2.24) is 20.4 Å². The SMILES string of the molecule is CC(=O)N[C@H]1CC[C@@H](NC(=O)CN2CCN(C)CC2)CC1. The molecule has 1 aliphatic heterocycles. The van der Waals surface area contributed by atoms with Crippen molar-refractivity contribution in [2.45, 2.75) is 44.7 Å². The van der Waals surface area contributed by atoms with Crippen LogP contribution in [-0.4, -0.2) is 73.5 Å². The van der Waals surface area contributed by atoms with Gasteiger partial charge in [0.05, 0.1) is 6.54 Å². The fourth-order valence-electron chi connectivity index (χ4n) is 3.15. The summed E-state index contributed by atoms with van der Waals surface area (Å²) in [6, 6.07) is 0.559. The maximum Gasteiger partial charge on any atom is 0.234 e. The van der Waals surface area contributed by atoms with Gasteiger partial charge in [-0.05, 0) is 32.7 Å². The molecule has 2 aliphatic rings. The lowest BCUT2D eigenvalue weighted by atomic mass is 9.91. The Labute approximate surface area is 127 Å². The summed E-state index contributed by atoms with van der Waals surface area (Å²) in [5.41, 5.74) is 0. The van der Waals surface area contributed by atoms with Crippen molar-refractivity contribution >= 4 is 11.8 Å². The van der Waals surface area contributed by atoms with E-state index < -0.39 is 0 Å². The molecule has 0 aromatic heterocycles. The van der Waals surface area contributed by atoms with Crippen molar-refractivity contribution in [2.24, 2.45) is 0 Å². The van der Waals surface area contributed by atoms with Crippen molar-refractivity contribution in [3.8, 4) is 0 Å². The number of rotatable bonds is 4. The second kappa shape index (κ2) is 7.75. The van der Waals surface area contributed by atoms with E-state index in [0.29, 0.717) is 6.54 Å². The average Bonchev–Trinajstić information content (AvgIpc) is 2.43. The number of hydrogen-bond acceptors (Lipinski definition) is 4. The molecule has 0 aromatic carbocycles. The number of nitrogens with zero attached hydrogens (tertiary/aromatic N) is 2. The van der Waals surface area contributed by atoms with Gasteiger partial charge in [-0.15, -0.1) is 0 Å². The molecule has 1 saturated heterocycles. The third-order valence-electron chi connectivity index (χ3n) is 4.46. The monoisotopic (exact) mass is 296 g/mol. The maximum absolute atomic E-state index is 12.1. The van der Waals surface area contributed by atoms with Crippen LogP contribution in [0.15, 0.2) is 0 Å². The minimum atomic E-state index is 0.0394. The van der Waals surface area contributed by atoms with Crippen LogP contribution >= 0.6 is 0 Å². The molecule has 6 heteroatoms. The minimum absolute atomic E-state index is 0.0394.